The number of benzene rings is 2. The molecule has 6 nitrogen and oxygen atoms in total. The minimum absolute atomic E-state index is 0. The number of hydrogen-bond acceptors (Lipinski definition) is 3. The molecular weight excluding hydrogens is 364 g/mol. The van der Waals surface area contributed by atoms with Crippen molar-refractivity contribution in [1.82, 2.24) is 10.2 Å². The zero-order chi connectivity index (χ0) is 18.5. The third kappa shape index (κ3) is 5.21. The van der Waals surface area contributed by atoms with Crippen LogP contribution in [0.25, 0.3) is 0 Å². The lowest BCUT2D eigenvalue weighted by atomic mass is 10.1. The van der Waals surface area contributed by atoms with Crippen LogP contribution in [0.3, 0.4) is 0 Å². The fraction of sp³-hybridized carbons (Fsp3) is 0.300. The summed E-state index contributed by atoms with van der Waals surface area (Å²) in [6.45, 7) is 5.64. The molecule has 0 bridgehead atoms. The summed E-state index contributed by atoms with van der Waals surface area (Å²) < 4.78 is 0. The van der Waals surface area contributed by atoms with E-state index in [0.717, 1.165) is 12.2 Å². The van der Waals surface area contributed by atoms with E-state index in [2.05, 4.69) is 29.8 Å². The van der Waals surface area contributed by atoms with Crippen molar-refractivity contribution in [3.8, 4) is 0 Å². The summed E-state index contributed by atoms with van der Waals surface area (Å²) in [5.74, 6) is 0.0196. The molecule has 2 aromatic carbocycles. The van der Waals surface area contributed by atoms with Crippen LogP contribution in [0.1, 0.15) is 24.2 Å². The van der Waals surface area contributed by atoms with E-state index in [1.807, 2.05) is 35.2 Å². The summed E-state index contributed by atoms with van der Waals surface area (Å²) in [6, 6.07) is 16.3. The number of nitrogens with zero attached hydrogens (tertiary/aromatic N) is 1. The highest BCUT2D eigenvalue weighted by Gasteiger charge is 2.28. The van der Waals surface area contributed by atoms with Crippen LogP contribution in [-0.2, 0) is 0 Å². The van der Waals surface area contributed by atoms with Gasteiger partial charge in [0, 0.05) is 42.1 Å². The molecule has 144 valence electrons. The van der Waals surface area contributed by atoms with Gasteiger partial charge in [-0.1, -0.05) is 18.2 Å². The van der Waals surface area contributed by atoms with Crippen molar-refractivity contribution in [3.63, 3.8) is 0 Å². The van der Waals surface area contributed by atoms with Crippen LogP contribution in [-0.4, -0.2) is 42.0 Å². The molecule has 1 aliphatic rings. The zero-order valence-corrected chi connectivity index (χ0v) is 16.3. The SMILES string of the molecule is CC1NCCN(C(=O)c2ccc(NC(=O)Nc3ccccc3)cc2)C1C.Cl. The number of urea groups is 1. The molecule has 2 unspecified atom stereocenters. The van der Waals surface area contributed by atoms with E-state index in [1.165, 1.54) is 0 Å². The first-order chi connectivity index (χ1) is 12.5. The maximum atomic E-state index is 12.7. The largest absolute Gasteiger partial charge is 0.333 e. The minimum atomic E-state index is -0.320. The number of halogens is 1. The lowest BCUT2D eigenvalue weighted by Gasteiger charge is -2.38. The second kappa shape index (κ2) is 9.39. The highest BCUT2D eigenvalue weighted by atomic mass is 35.5. The Morgan fingerprint density at radius 3 is 2.19 bits per heavy atom. The lowest BCUT2D eigenvalue weighted by molar-refractivity contribution is 0.0603. The molecular formula is C20H25ClN4O2. The van der Waals surface area contributed by atoms with Gasteiger partial charge in [0.15, 0.2) is 0 Å². The van der Waals surface area contributed by atoms with E-state index in [1.54, 1.807) is 24.3 Å². The normalized spacial score (nSPS) is 19.0. The van der Waals surface area contributed by atoms with Gasteiger partial charge in [-0.3, -0.25) is 4.79 Å². The standard InChI is InChI=1S/C20H24N4O2.ClH/c1-14-15(2)24(13-12-21-14)19(25)16-8-10-18(11-9-16)23-20(26)22-17-6-4-3-5-7-17;/h3-11,14-15,21H,12-13H2,1-2H3,(H2,22,23,26);1H. The van der Waals surface area contributed by atoms with Gasteiger partial charge in [0.2, 0.25) is 0 Å². The molecule has 2 aromatic rings. The molecule has 3 amide bonds. The van der Waals surface area contributed by atoms with Gasteiger partial charge in [-0.15, -0.1) is 12.4 Å². The fourth-order valence-corrected chi connectivity index (χ4v) is 3.02. The average Bonchev–Trinajstić information content (AvgIpc) is 2.65. The second-order valence-electron chi connectivity index (χ2n) is 6.50. The Morgan fingerprint density at radius 1 is 0.963 bits per heavy atom. The molecule has 1 aliphatic heterocycles. The van der Waals surface area contributed by atoms with Crippen LogP contribution in [0.2, 0.25) is 0 Å². The molecule has 3 rings (SSSR count). The van der Waals surface area contributed by atoms with E-state index in [0.29, 0.717) is 17.8 Å². The van der Waals surface area contributed by atoms with Crippen LogP contribution < -0.4 is 16.0 Å². The van der Waals surface area contributed by atoms with E-state index in [-0.39, 0.29) is 36.4 Å². The Kier molecular flexibility index (Phi) is 7.21. The molecule has 1 fully saturated rings. The van der Waals surface area contributed by atoms with Crippen molar-refractivity contribution in [2.24, 2.45) is 0 Å². The molecule has 2 atom stereocenters. The summed E-state index contributed by atoms with van der Waals surface area (Å²) in [6.07, 6.45) is 0. The van der Waals surface area contributed by atoms with Crippen molar-refractivity contribution in [2.45, 2.75) is 25.9 Å². The van der Waals surface area contributed by atoms with E-state index in [9.17, 15) is 9.59 Å². The van der Waals surface area contributed by atoms with Gasteiger partial charge in [0.25, 0.3) is 5.91 Å². The van der Waals surface area contributed by atoms with Crippen LogP contribution in [0.5, 0.6) is 0 Å². The lowest BCUT2D eigenvalue weighted by Crippen LogP contribution is -2.57. The van der Waals surface area contributed by atoms with Gasteiger partial charge < -0.3 is 20.9 Å². The summed E-state index contributed by atoms with van der Waals surface area (Å²) in [5.41, 5.74) is 1.98. The third-order valence-corrected chi connectivity index (χ3v) is 4.72. The highest BCUT2D eigenvalue weighted by Crippen LogP contribution is 2.16. The molecule has 27 heavy (non-hydrogen) atoms. The van der Waals surface area contributed by atoms with Gasteiger partial charge >= 0.3 is 6.03 Å². The maximum Gasteiger partial charge on any atom is 0.323 e. The number of rotatable bonds is 3. The number of amides is 3. The first kappa shape index (κ1) is 20.7. The predicted molar refractivity (Wildman–Crippen MR) is 111 cm³/mol. The van der Waals surface area contributed by atoms with E-state index >= 15 is 0 Å². The third-order valence-electron chi connectivity index (χ3n) is 4.72. The van der Waals surface area contributed by atoms with Gasteiger partial charge in [0.1, 0.15) is 0 Å². The van der Waals surface area contributed by atoms with Gasteiger partial charge in [0.05, 0.1) is 0 Å². The molecule has 0 radical (unpaired) electrons. The second-order valence-corrected chi connectivity index (χ2v) is 6.50. The predicted octanol–water partition coefficient (Wildman–Crippen LogP) is 3.57. The van der Waals surface area contributed by atoms with Crippen molar-refractivity contribution >= 4 is 35.7 Å². The van der Waals surface area contributed by atoms with Crippen LogP contribution >= 0.6 is 12.4 Å². The molecule has 7 heteroatoms. The Bertz CT molecular complexity index is 767. The van der Waals surface area contributed by atoms with Crippen molar-refractivity contribution in [3.05, 3.63) is 60.2 Å². The Morgan fingerprint density at radius 2 is 1.56 bits per heavy atom. The molecule has 1 heterocycles. The van der Waals surface area contributed by atoms with Gasteiger partial charge in [-0.25, -0.2) is 4.79 Å². The summed E-state index contributed by atoms with van der Waals surface area (Å²) in [5, 5.41) is 8.90. The van der Waals surface area contributed by atoms with Crippen molar-refractivity contribution in [2.75, 3.05) is 23.7 Å². The van der Waals surface area contributed by atoms with E-state index < -0.39 is 0 Å². The minimum Gasteiger partial charge on any atom is -0.333 e. The van der Waals surface area contributed by atoms with Crippen molar-refractivity contribution < 1.29 is 9.59 Å². The Labute approximate surface area is 165 Å². The molecule has 0 aromatic heterocycles. The highest BCUT2D eigenvalue weighted by molar-refractivity contribution is 6.00. The Balaban J connectivity index is 0.00000261. The number of carbonyl (C=O) groups excluding carboxylic acids is 2. The van der Waals surface area contributed by atoms with Gasteiger partial charge in [-0.05, 0) is 50.2 Å². The van der Waals surface area contributed by atoms with Crippen LogP contribution in [0.4, 0.5) is 16.2 Å². The summed E-state index contributed by atoms with van der Waals surface area (Å²) in [4.78, 5) is 26.6. The average molecular weight is 389 g/mol. The zero-order valence-electron chi connectivity index (χ0n) is 15.4. The monoisotopic (exact) mass is 388 g/mol. The van der Waals surface area contributed by atoms with Crippen LogP contribution in [0, 0.1) is 0 Å². The fourth-order valence-electron chi connectivity index (χ4n) is 3.02. The number of piperazine rings is 1. The number of nitrogens with one attached hydrogen (secondary N) is 3. The molecule has 0 spiro atoms. The first-order valence-corrected chi connectivity index (χ1v) is 8.82. The Hall–Kier alpha value is -2.57. The van der Waals surface area contributed by atoms with Crippen LogP contribution in [0.15, 0.2) is 54.6 Å². The molecule has 3 N–H and O–H groups in total. The number of para-hydroxylation sites is 1. The topological polar surface area (TPSA) is 73.5 Å². The molecule has 0 aliphatic carbocycles. The van der Waals surface area contributed by atoms with E-state index in [4.69, 9.17) is 0 Å². The quantitative estimate of drug-likeness (QED) is 0.752. The van der Waals surface area contributed by atoms with Gasteiger partial charge in [-0.2, -0.15) is 0 Å². The maximum absolute atomic E-state index is 12.7. The number of anilines is 2. The summed E-state index contributed by atoms with van der Waals surface area (Å²) in [7, 11) is 0. The first-order valence-electron chi connectivity index (χ1n) is 8.82. The summed E-state index contributed by atoms with van der Waals surface area (Å²) >= 11 is 0. The molecule has 1 saturated heterocycles. The smallest absolute Gasteiger partial charge is 0.323 e. The van der Waals surface area contributed by atoms with Crippen molar-refractivity contribution in [1.29, 1.82) is 0 Å². The number of carbonyl (C=O) groups is 2. The number of hydrogen-bond donors (Lipinski definition) is 3. The molecule has 0 saturated carbocycles.